The van der Waals surface area contributed by atoms with Crippen molar-refractivity contribution in [2.45, 2.75) is 6.04 Å². The van der Waals surface area contributed by atoms with Crippen molar-refractivity contribution in [1.29, 1.82) is 0 Å². The van der Waals surface area contributed by atoms with Gasteiger partial charge in [-0.1, -0.05) is 28.1 Å². The predicted octanol–water partition coefficient (Wildman–Crippen LogP) is 2.15. The second kappa shape index (κ2) is 6.04. The van der Waals surface area contributed by atoms with Gasteiger partial charge in [-0.3, -0.25) is 4.90 Å². The van der Waals surface area contributed by atoms with Gasteiger partial charge in [0.2, 0.25) is 0 Å². The fourth-order valence-corrected chi connectivity index (χ4v) is 2.39. The summed E-state index contributed by atoms with van der Waals surface area (Å²) in [5, 5.41) is 0. The minimum Gasteiger partial charge on any atom is -0.405 e. The number of benzene rings is 1. The van der Waals surface area contributed by atoms with Crippen molar-refractivity contribution in [3.8, 4) is 0 Å². The molecule has 1 heterocycles. The summed E-state index contributed by atoms with van der Waals surface area (Å²) in [6.07, 6.45) is 5.20. The molecule has 0 aliphatic carbocycles. The molecule has 0 aromatic heterocycles. The maximum atomic E-state index is 5.85. The van der Waals surface area contributed by atoms with E-state index in [1.165, 1.54) is 6.20 Å². The van der Waals surface area contributed by atoms with Crippen LogP contribution in [0.4, 0.5) is 0 Å². The minimum atomic E-state index is 0.0465. The van der Waals surface area contributed by atoms with Crippen molar-refractivity contribution in [3.05, 3.63) is 58.5 Å². The van der Waals surface area contributed by atoms with Crippen LogP contribution < -0.4 is 11.5 Å². The first-order chi connectivity index (χ1) is 9.11. The first-order valence-electron chi connectivity index (χ1n) is 6.00. The Hall–Kier alpha value is -1.59. The summed E-state index contributed by atoms with van der Waals surface area (Å²) in [6.45, 7) is 0.748. The standard InChI is InChI=1S/C14H17BrN4/c1-19-9-7-13(17)18-12(6-8-16)14(19)10-2-4-11(15)5-3-10/h2-8,14H,9,16-17H2,1H3/b8-6-. The SMILES string of the molecule is CN1CC=C(N)N=C(/C=C\N)C1c1ccc(Br)cc1. The number of nitrogens with zero attached hydrogens (tertiary/aromatic N) is 2. The van der Waals surface area contributed by atoms with E-state index in [9.17, 15) is 0 Å². The van der Waals surface area contributed by atoms with E-state index in [-0.39, 0.29) is 6.04 Å². The number of aliphatic imine (C=N–C) groups is 1. The molecule has 1 unspecified atom stereocenters. The molecule has 0 fully saturated rings. The van der Waals surface area contributed by atoms with Gasteiger partial charge in [-0.2, -0.15) is 0 Å². The molecule has 0 bridgehead atoms. The van der Waals surface area contributed by atoms with E-state index in [0.717, 1.165) is 22.3 Å². The van der Waals surface area contributed by atoms with Crippen molar-refractivity contribution in [2.24, 2.45) is 16.5 Å². The summed E-state index contributed by atoms with van der Waals surface area (Å²) >= 11 is 3.45. The van der Waals surface area contributed by atoms with E-state index in [1.807, 2.05) is 25.3 Å². The molecule has 0 saturated heterocycles. The van der Waals surface area contributed by atoms with Crippen LogP contribution in [0.5, 0.6) is 0 Å². The van der Waals surface area contributed by atoms with Crippen LogP contribution in [-0.2, 0) is 0 Å². The van der Waals surface area contributed by atoms with Crippen LogP contribution in [0.1, 0.15) is 11.6 Å². The molecule has 1 atom stereocenters. The van der Waals surface area contributed by atoms with Crippen molar-refractivity contribution >= 4 is 21.6 Å². The third-order valence-electron chi connectivity index (χ3n) is 3.02. The Morgan fingerprint density at radius 3 is 2.68 bits per heavy atom. The highest BCUT2D eigenvalue weighted by atomic mass is 79.9. The lowest BCUT2D eigenvalue weighted by Crippen LogP contribution is -2.29. The van der Waals surface area contributed by atoms with Crippen molar-refractivity contribution in [3.63, 3.8) is 0 Å². The molecule has 1 aromatic carbocycles. The van der Waals surface area contributed by atoms with E-state index in [1.54, 1.807) is 6.08 Å². The summed E-state index contributed by atoms with van der Waals surface area (Å²) < 4.78 is 1.05. The molecule has 4 N–H and O–H groups in total. The van der Waals surface area contributed by atoms with Gasteiger partial charge < -0.3 is 11.5 Å². The average molecular weight is 321 g/mol. The molecule has 0 spiro atoms. The topological polar surface area (TPSA) is 67.6 Å². The molecule has 0 amide bonds. The van der Waals surface area contributed by atoms with Gasteiger partial charge in [-0.05, 0) is 43.1 Å². The Bertz CT molecular complexity index is 531. The fraction of sp³-hybridized carbons (Fsp3) is 0.214. The van der Waals surface area contributed by atoms with Crippen LogP contribution in [0.15, 0.2) is 57.9 Å². The first-order valence-corrected chi connectivity index (χ1v) is 6.79. The van der Waals surface area contributed by atoms with Gasteiger partial charge in [-0.15, -0.1) is 0 Å². The van der Waals surface area contributed by atoms with Crippen LogP contribution in [0.2, 0.25) is 0 Å². The zero-order valence-electron chi connectivity index (χ0n) is 10.8. The van der Waals surface area contributed by atoms with Gasteiger partial charge in [0.25, 0.3) is 0 Å². The second-order valence-electron chi connectivity index (χ2n) is 4.42. The maximum Gasteiger partial charge on any atom is 0.120 e. The van der Waals surface area contributed by atoms with Crippen LogP contribution in [0.3, 0.4) is 0 Å². The molecule has 5 heteroatoms. The highest BCUT2D eigenvalue weighted by molar-refractivity contribution is 9.10. The molecule has 1 aromatic rings. The molecule has 100 valence electrons. The monoisotopic (exact) mass is 320 g/mol. The minimum absolute atomic E-state index is 0.0465. The number of likely N-dealkylation sites (N-methyl/N-ethyl adjacent to an activating group) is 1. The Morgan fingerprint density at radius 1 is 1.37 bits per heavy atom. The highest BCUT2D eigenvalue weighted by Crippen LogP contribution is 2.25. The molecular formula is C14H17BrN4. The van der Waals surface area contributed by atoms with E-state index in [4.69, 9.17) is 11.5 Å². The van der Waals surface area contributed by atoms with Gasteiger partial charge >= 0.3 is 0 Å². The Balaban J connectivity index is 2.44. The quantitative estimate of drug-likeness (QED) is 0.877. The van der Waals surface area contributed by atoms with Gasteiger partial charge in [0, 0.05) is 11.0 Å². The maximum absolute atomic E-state index is 5.85. The molecule has 0 radical (unpaired) electrons. The number of nitrogens with two attached hydrogens (primary N) is 2. The Kier molecular flexibility index (Phi) is 4.39. The largest absolute Gasteiger partial charge is 0.405 e. The average Bonchev–Trinajstić information content (AvgIpc) is 2.51. The Labute approximate surface area is 121 Å². The van der Waals surface area contributed by atoms with Gasteiger partial charge in [-0.25, -0.2) is 4.99 Å². The van der Waals surface area contributed by atoms with E-state index in [0.29, 0.717) is 5.82 Å². The van der Waals surface area contributed by atoms with E-state index >= 15 is 0 Å². The molecule has 2 rings (SSSR count). The van der Waals surface area contributed by atoms with Gasteiger partial charge in [0.05, 0.1) is 11.8 Å². The third kappa shape index (κ3) is 3.24. The molecule has 1 aliphatic rings. The van der Waals surface area contributed by atoms with Crippen LogP contribution >= 0.6 is 15.9 Å². The van der Waals surface area contributed by atoms with Crippen molar-refractivity contribution in [1.82, 2.24) is 4.90 Å². The van der Waals surface area contributed by atoms with Crippen molar-refractivity contribution in [2.75, 3.05) is 13.6 Å². The van der Waals surface area contributed by atoms with E-state index in [2.05, 4.69) is 38.0 Å². The zero-order chi connectivity index (χ0) is 13.8. The van der Waals surface area contributed by atoms with Crippen LogP contribution in [0, 0.1) is 0 Å². The molecule has 0 saturated carbocycles. The van der Waals surface area contributed by atoms with E-state index < -0.39 is 0 Å². The molecule has 1 aliphatic heterocycles. The lowest BCUT2D eigenvalue weighted by molar-refractivity contribution is 0.336. The summed E-state index contributed by atoms with van der Waals surface area (Å²) in [4.78, 5) is 6.61. The molecule has 19 heavy (non-hydrogen) atoms. The normalized spacial score (nSPS) is 21.1. The van der Waals surface area contributed by atoms with Gasteiger partial charge in [0.15, 0.2) is 0 Å². The summed E-state index contributed by atoms with van der Waals surface area (Å²) in [6, 6.07) is 8.24. The zero-order valence-corrected chi connectivity index (χ0v) is 12.3. The second-order valence-corrected chi connectivity index (χ2v) is 5.33. The van der Waals surface area contributed by atoms with Crippen LogP contribution in [-0.4, -0.2) is 24.2 Å². The predicted molar refractivity (Wildman–Crippen MR) is 82.5 cm³/mol. The molecular weight excluding hydrogens is 304 g/mol. The number of rotatable bonds is 2. The summed E-state index contributed by atoms with van der Waals surface area (Å²) in [5.74, 6) is 0.527. The lowest BCUT2D eigenvalue weighted by atomic mass is 10.0. The number of halogens is 1. The Morgan fingerprint density at radius 2 is 2.05 bits per heavy atom. The summed E-state index contributed by atoms with van der Waals surface area (Å²) in [7, 11) is 2.04. The third-order valence-corrected chi connectivity index (χ3v) is 3.55. The molecule has 4 nitrogen and oxygen atoms in total. The number of hydrogen-bond acceptors (Lipinski definition) is 4. The highest BCUT2D eigenvalue weighted by Gasteiger charge is 2.23. The number of hydrogen-bond donors (Lipinski definition) is 2. The summed E-state index contributed by atoms with van der Waals surface area (Å²) in [5.41, 5.74) is 13.4. The van der Waals surface area contributed by atoms with Crippen molar-refractivity contribution < 1.29 is 0 Å². The fourth-order valence-electron chi connectivity index (χ4n) is 2.12. The first kappa shape index (κ1) is 13.8. The van der Waals surface area contributed by atoms with Gasteiger partial charge in [0.1, 0.15) is 5.82 Å². The van der Waals surface area contributed by atoms with Crippen LogP contribution in [0.25, 0.3) is 0 Å². The smallest absolute Gasteiger partial charge is 0.120 e. The lowest BCUT2D eigenvalue weighted by Gasteiger charge is -2.26.